The number of hydrogen-bond acceptors (Lipinski definition) is 4. The number of carbonyl (C=O) groups is 1. The van der Waals surface area contributed by atoms with Gasteiger partial charge in [-0.15, -0.1) is 0 Å². The lowest BCUT2D eigenvalue weighted by atomic mass is 10.1. The second-order valence-electron chi connectivity index (χ2n) is 4.82. The Bertz CT molecular complexity index is 891. The predicted octanol–water partition coefficient (Wildman–Crippen LogP) is 3.77. The van der Waals surface area contributed by atoms with E-state index < -0.39 is 18.8 Å². The topological polar surface area (TPSA) is 56.5 Å². The number of carbonyl (C=O) groups excluding carboxylic acids is 1. The van der Waals surface area contributed by atoms with Crippen molar-refractivity contribution in [1.29, 1.82) is 0 Å². The second kappa shape index (κ2) is 6.12. The summed E-state index contributed by atoms with van der Waals surface area (Å²) >= 11 is 5.83. The van der Waals surface area contributed by atoms with Crippen LogP contribution in [0.15, 0.2) is 42.9 Å². The van der Waals surface area contributed by atoms with Crippen molar-refractivity contribution in [2.75, 3.05) is 6.61 Å². The van der Waals surface area contributed by atoms with Gasteiger partial charge in [0, 0.05) is 16.8 Å². The van der Waals surface area contributed by atoms with Crippen LogP contribution in [0.1, 0.15) is 10.5 Å². The van der Waals surface area contributed by atoms with E-state index in [9.17, 15) is 18.0 Å². The van der Waals surface area contributed by atoms with Crippen LogP contribution in [-0.2, 0) is 4.74 Å². The summed E-state index contributed by atoms with van der Waals surface area (Å²) in [5.41, 5.74) is 0.924. The van der Waals surface area contributed by atoms with E-state index in [4.69, 9.17) is 11.6 Å². The summed E-state index contributed by atoms with van der Waals surface area (Å²) in [6, 6.07) is 7.92. The van der Waals surface area contributed by atoms with Gasteiger partial charge in [-0.1, -0.05) is 23.7 Å². The summed E-state index contributed by atoms with van der Waals surface area (Å²) in [6.07, 6.45) is -1.88. The number of esters is 1. The third-order valence-corrected chi connectivity index (χ3v) is 3.36. The molecule has 0 saturated heterocycles. The first-order valence-corrected chi connectivity index (χ1v) is 7.05. The zero-order valence-corrected chi connectivity index (χ0v) is 12.7. The zero-order chi connectivity index (χ0) is 17.3. The quantitative estimate of drug-likeness (QED) is 0.671. The van der Waals surface area contributed by atoms with Crippen LogP contribution >= 0.6 is 11.6 Å². The normalized spacial score (nSPS) is 11.7. The van der Waals surface area contributed by atoms with Crippen LogP contribution < -0.4 is 0 Å². The third kappa shape index (κ3) is 3.33. The smallest absolute Gasteiger partial charge is 0.422 e. The highest BCUT2D eigenvalue weighted by Crippen LogP contribution is 2.27. The summed E-state index contributed by atoms with van der Waals surface area (Å²) in [5, 5.41) is 0.477. The molecule has 24 heavy (non-hydrogen) atoms. The van der Waals surface area contributed by atoms with Crippen LogP contribution in [0.25, 0.3) is 16.9 Å². The number of ether oxygens (including phenoxy) is 1. The molecule has 0 aliphatic heterocycles. The van der Waals surface area contributed by atoms with Crippen molar-refractivity contribution in [3.8, 4) is 11.3 Å². The van der Waals surface area contributed by atoms with Crippen molar-refractivity contribution in [3.63, 3.8) is 0 Å². The number of imidazole rings is 1. The highest BCUT2D eigenvalue weighted by molar-refractivity contribution is 6.30. The van der Waals surface area contributed by atoms with Crippen molar-refractivity contribution in [3.05, 3.63) is 53.6 Å². The fraction of sp³-hybridized carbons (Fsp3) is 0.133. The number of fused-ring (bicyclic) bond motifs is 1. The number of benzene rings is 1. The molecule has 0 aliphatic rings. The summed E-state index contributed by atoms with van der Waals surface area (Å²) in [7, 11) is 0. The number of nitrogens with zero attached hydrogens (tertiary/aromatic N) is 3. The highest BCUT2D eigenvalue weighted by atomic mass is 35.5. The van der Waals surface area contributed by atoms with Gasteiger partial charge < -0.3 is 4.74 Å². The Balaban J connectivity index is 2.08. The Labute approximate surface area is 138 Å². The Hall–Kier alpha value is -2.61. The molecule has 0 aliphatic carbocycles. The van der Waals surface area contributed by atoms with E-state index in [1.807, 2.05) is 0 Å². The Morgan fingerprint density at radius 3 is 2.58 bits per heavy atom. The van der Waals surface area contributed by atoms with Crippen LogP contribution in [0, 0.1) is 0 Å². The first-order chi connectivity index (χ1) is 11.3. The molecule has 0 amide bonds. The van der Waals surface area contributed by atoms with Crippen molar-refractivity contribution in [1.82, 2.24) is 14.4 Å². The van der Waals surface area contributed by atoms with E-state index in [1.165, 1.54) is 23.0 Å². The monoisotopic (exact) mass is 355 g/mol. The van der Waals surface area contributed by atoms with Gasteiger partial charge in [0.2, 0.25) is 0 Å². The summed E-state index contributed by atoms with van der Waals surface area (Å²) < 4.78 is 42.6. The molecule has 2 aromatic heterocycles. The molecule has 0 fully saturated rings. The van der Waals surface area contributed by atoms with Gasteiger partial charge in [-0.3, -0.25) is 4.40 Å². The van der Waals surface area contributed by atoms with Crippen molar-refractivity contribution < 1.29 is 22.7 Å². The van der Waals surface area contributed by atoms with Crippen LogP contribution in [-0.4, -0.2) is 33.1 Å². The number of halogens is 4. The number of hydrogen-bond donors (Lipinski definition) is 0. The number of alkyl halides is 3. The minimum Gasteiger partial charge on any atom is -0.451 e. The van der Waals surface area contributed by atoms with E-state index in [1.54, 1.807) is 24.3 Å². The van der Waals surface area contributed by atoms with E-state index >= 15 is 0 Å². The average molecular weight is 356 g/mol. The summed E-state index contributed by atoms with van der Waals surface area (Å²) in [6.45, 7) is -1.68. The van der Waals surface area contributed by atoms with Crippen LogP contribution in [0.5, 0.6) is 0 Å². The largest absolute Gasteiger partial charge is 0.451 e. The Morgan fingerprint density at radius 1 is 1.21 bits per heavy atom. The SMILES string of the molecule is O=C(OCC(F)(F)F)c1c(-c2ccc(Cl)cc2)nc2ccncn12. The molecular weight excluding hydrogens is 347 g/mol. The van der Waals surface area contributed by atoms with E-state index in [-0.39, 0.29) is 11.4 Å². The molecule has 3 rings (SSSR count). The van der Waals surface area contributed by atoms with E-state index in [2.05, 4.69) is 14.7 Å². The molecule has 1 aromatic carbocycles. The first kappa shape index (κ1) is 16.3. The zero-order valence-electron chi connectivity index (χ0n) is 11.9. The number of rotatable bonds is 3. The van der Waals surface area contributed by atoms with Crippen LogP contribution in [0.2, 0.25) is 5.02 Å². The van der Waals surface area contributed by atoms with Crippen LogP contribution in [0.4, 0.5) is 13.2 Å². The minimum atomic E-state index is -4.62. The molecule has 0 bridgehead atoms. The lowest BCUT2D eigenvalue weighted by molar-refractivity contribution is -0.161. The maximum atomic E-state index is 12.3. The molecular formula is C15H9ClF3N3O2. The maximum absolute atomic E-state index is 12.3. The molecule has 0 spiro atoms. The van der Waals surface area contributed by atoms with E-state index in [0.29, 0.717) is 16.2 Å². The first-order valence-electron chi connectivity index (χ1n) is 6.67. The molecule has 5 nitrogen and oxygen atoms in total. The maximum Gasteiger partial charge on any atom is 0.422 e. The lowest BCUT2D eigenvalue weighted by Gasteiger charge is -2.08. The predicted molar refractivity (Wildman–Crippen MR) is 79.8 cm³/mol. The van der Waals surface area contributed by atoms with Crippen molar-refractivity contribution in [2.24, 2.45) is 0 Å². The van der Waals surface area contributed by atoms with E-state index in [0.717, 1.165) is 0 Å². The summed E-state index contributed by atoms with van der Waals surface area (Å²) in [5.74, 6) is -1.14. The molecule has 0 atom stereocenters. The molecule has 9 heteroatoms. The fourth-order valence-corrected chi connectivity index (χ4v) is 2.25. The second-order valence-corrected chi connectivity index (χ2v) is 5.25. The van der Waals surface area contributed by atoms with Gasteiger partial charge in [-0.05, 0) is 18.2 Å². The van der Waals surface area contributed by atoms with Gasteiger partial charge >= 0.3 is 12.1 Å². The minimum absolute atomic E-state index is 0.135. The Morgan fingerprint density at radius 2 is 1.92 bits per heavy atom. The van der Waals surface area contributed by atoms with Gasteiger partial charge in [-0.2, -0.15) is 13.2 Å². The average Bonchev–Trinajstić information content (AvgIpc) is 2.92. The third-order valence-electron chi connectivity index (χ3n) is 3.11. The molecule has 0 radical (unpaired) electrons. The molecule has 0 saturated carbocycles. The van der Waals surface area contributed by atoms with Crippen molar-refractivity contribution in [2.45, 2.75) is 6.18 Å². The standard InChI is InChI=1S/C15H9ClF3N3O2/c16-10-3-1-9(2-4-10)12-13(14(23)24-7-15(17,18)19)22-8-20-6-5-11(22)21-12/h1-6,8H,7H2. The van der Waals surface area contributed by atoms with Gasteiger partial charge in [0.1, 0.15) is 17.7 Å². The van der Waals surface area contributed by atoms with Gasteiger partial charge in [-0.25, -0.2) is 14.8 Å². The van der Waals surface area contributed by atoms with Gasteiger partial charge in [0.25, 0.3) is 0 Å². The molecule has 3 aromatic rings. The van der Waals surface area contributed by atoms with Crippen molar-refractivity contribution >= 4 is 23.2 Å². The molecule has 124 valence electrons. The van der Waals surface area contributed by atoms with Crippen LogP contribution in [0.3, 0.4) is 0 Å². The molecule has 0 unspecified atom stereocenters. The van der Waals surface area contributed by atoms with Gasteiger partial charge in [0.05, 0.1) is 0 Å². The summed E-state index contributed by atoms with van der Waals surface area (Å²) in [4.78, 5) is 20.3. The highest BCUT2D eigenvalue weighted by Gasteiger charge is 2.31. The lowest BCUT2D eigenvalue weighted by Crippen LogP contribution is -2.21. The molecule has 2 heterocycles. The van der Waals surface area contributed by atoms with Gasteiger partial charge in [0.15, 0.2) is 12.3 Å². The number of aromatic nitrogens is 3. The molecule has 0 N–H and O–H groups in total. The fourth-order valence-electron chi connectivity index (χ4n) is 2.12. The Kier molecular flexibility index (Phi) is 4.15.